The van der Waals surface area contributed by atoms with Crippen LogP contribution in [0.2, 0.25) is 5.02 Å². The number of anilines is 1. The first-order valence-electron chi connectivity index (χ1n) is 10.0. The Morgan fingerprint density at radius 2 is 1.56 bits per heavy atom. The summed E-state index contributed by atoms with van der Waals surface area (Å²) >= 11 is 7.36. The molecule has 0 aliphatic rings. The van der Waals surface area contributed by atoms with E-state index in [2.05, 4.69) is 10.3 Å². The molecule has 162 valence electrons. The van der Waals surface area contributed by atoms with Gasteiger partial charge in [-0.15, -0.1) is 11.3 Å². The molecule has 0 radical (unpaired) electrons. The average molecular weight is 465 g/mol. The van der Waals surface area contributed by atoms with Crippen LogP contribution in [0.5, 0.6) is 11.5 Å². The second-order valence-corrected chi connectivity index (χ2v) is 8.57. The number of hydrogen-bond donors (Lipinski definition) is 1. The predicted octanol–water partition coefficient (Wildman–Crippen LogP) is 5.98. The Hall–Kier alpha value is -3.35. The van der Waals surface area contributed by atoms with Gasteiger partial charge in [0, 0.05) is 22.5 Å². The number of amides is 1. The Morgan fingerprint density at radius 3 is 2.28 bits per heavy atom. The Bertz CT molecular complexity index is 1150. The van der Waals surface area contributed by atoms with Gasteiger partial charge in [-0.25, -0.2) is 4.98 Å². The minimum Gasteiger partial charge on any atom is -0.489 e. The van der Waals surface area contributed by atoms with E-state index in [4.69, 9.17) is 21.1 Å². The second-order valence-electron chi connectivity index (χ2n) is 7.02. The number of benzene rings is 3. The Labute approximate surface area is 195 Å². The number of aromatic nitrogens is 1. The van der Waals surface area contributed by atoms with Crippen molar-refractivity contribution in [2.45, 2.75) is 13.0 Å². The maximum absolute atomic E-state index is 12.2. The number of thiazole rings is 1. The summed E-state index contributed by atoms with van der Waals surface area (Å²) in [7, 11) is 0. The monoisotopic (exact) mass is 464 g/mol. The first-order chi connectivity index (χ1) is 15.6. The summed E-state index contributed by atoms with van der Waals surface area (Å²) in [5.74, 6) is 1.07. The molecular formula is C25H21ClN2O3S. The normalized spacial score (nSPS) is 10.5. The van der Waals surface area contributed by atoms with E-state index in [1.165, 1.54) is 11.3 Å². The number of rotatable bonds is 9. The molecule has 0 bridgehead atoms. The summed E-state index contributed by atoms with van der Waals surface area (Å²) in [5, 5.41) is 4.03. The molecule has 0 aliphatic heterocycles. The first kappa shape index (κ1) is 21.9. The molecule has 0 aliphatic carbocycles. The van der Waals surface area contributed by atoms with Crippen LogP contribution in [-0.4, -0.2) is 17.5 Å². The highest BCUT2D eigenvalue weighted by Crippen LogP contribution is 2.22. The van der Waals surface area contributed by atoms with E-state index in [-0.39, 0.29) is 12.5 Å². The molecule has 1 heterocycles. The molecule has 5 nitrogen and oxygen atoms in total. The lowest BCUT2D eigenvalue weighted by atomic mass is 10.1. The maximum atomic E-state index is 12.2. The van der Waals surface area contributed by atoms with E-state index in [1.807, 2.05) is 66.7 Å². The van der Waals surface area contributed by atoms with E-state index < -0.39 is 0 Å². The zero-order valence-electron chi connectivity index (χ0n) is 17.2. The molecule has 0 fully saturated rings. The van der Waals surface area contributed by atoms with Crippen molar-refractivity contribution < 1.29 is 14.3 Å². The lowest BCUT2D eigenvalue weighted by Gasteiger charge is -2.08. The van der Waals surface area contributed by atoms with Gasteiger partial charge in [0.15, 0.2) is 11.7 Å². The molecule has 3 aromatic carbocycles. The Kier molecular flexibility index (Phi) is 7.38. The minimum absolute atomic E-state index is 0.101. The van der Waals surface area contributed by atoms with Crippen molar-refractivity contribution in [3.8, 4) is 11.5 Å². The molecule has 0 atom stereocenters. The lowest BCUT2D eigenvalue weighted by molar-refractivity contribution is -0.118. The van der Waals surface area contributed by atoms with E-state index in [1.54, 1.807) is 18.3 Å². The minimum atomic E-state index is -0.262. The van der Waals surface area contributed by atoms with Crippen molar-refractivity contribution in [3.05, 3.63) is 106 Å². The summed E-state index contributed by atoms with van der Waals surface area (Å²) in [6.45, 7) is 0.396. The van der Waals surface area contributed by atoms with Crippen molar-refractivity contribution in [3.63, 3.8) is 0 Å². The van der Waals surface area contributed by atoms with Crippen LogP contribution in [0.15, 0.2) is 85.1 Å². The fourth-order valence-corrected chi connectivity index (χ4v) is 3.92. The number of nitrogens with one attached hydrogen (secondary N) is 1. The van der Waals surface area contributed by atoms with Crippen LogP contribution in [-0.2, 0) is 17.8 Å². The van der Waals surface area contributed by atoms with Crippen molar-refractivity contribution >= 4 is 34.0 Å². The molecule has 0 unspecified atom stereocenters. The number of halogens is 1. The lowest BCUT2D eigenvalue weighted by Crippen LogP contribution is -2.19. The number of hydrogen-bond acceptors (Lipinski definition) is 5. The van der Waals surface area contributed by atoms with Crippen molar-refractivity contribution in [1.82, 2.24) is 4.98 Å². The maximum Gasteiger partial charge on any atom is 0.264 e. The molecule has 32 heavy (non-hydrogen) atoms. The van der Waals surface area contributed by atoms with Crippen LogP contribution < -0.4 is 14.8 Å². The van der Waals surface area contributed by atoms with Gasteiger partial charge in [-0.1, -0.05) is 54.1 Å². The van der Waals surface area contributed by atoms with E-state index in [0.717, 1.165) is 28.2 Å². The Morgan fingerprint density at radius 1 is 0.875 bits per heavy atom. The van der Waals surface area contributed by atoms with Gasteiger partial charge < -0.3 is 9.47 Å². The molecule has 0 spiro atoms. The quantitative estimate of drug-likeness (QED) is 0.331. The molecule has 1 N–H and O–H groups in total. The third-order valence-electron chi connectivity index (χ3n) is 4.53. The molecule has 4 rings (SSSR count). The predicted molar refractivity (Wildman–Crippen MR) is 128 cm³/mol. The number of carbonyl (C=O) groups excluding carboxylic acids is 1. The molecule has 1 aromatic heterocycles. The van der Waals surface area contributed by atoms with Crippen molar-refractivity contribution in [2.24, 2.45) is 0 Å². The molecule has 7 heteroatoms. The van der Waals surface area contributed by atoms with Gasteiger partial charge in [-0.2, -0.15) is 0 Å². The molecule has 1 amide bonds. The van der Waals surface area contributed by atoms with Crippen LogP contribution in [0.4, 0.5) is 5.13 Å². The summed E-state index contributed by atoms with van der Waals surface area (Å²) in [5.41, 5.74) is 2.23. The first-order valence-corrected chi connectivity index (χ1v) is 11.2. The van der Waals surface area contributed by atoms with Gasteiger partial charge in [0.2, 0.25) is 0 Å². The van der Waals surface area contributed by atoms with Gasteiger partial charge in [0.25, 0.3) is 5.91 Å². The van der Waals surface area contributed by atoms with Crippen molar-refractivity contribution in [2.75, 3.05) is 11.9 Å². The summed E-state index contributed by atoms with van der Waals surface area (Å²) in [6.07, 6.45) is 2.50. The molecular weight excluding hydrogens is 444 g/mol. The molecule has 4 aromatic rings. The Balaban J connectivity index is 1.21. The standard InChI is InChI=1S/C25H21ClN2O3S/c26-20-8-6-18(7-9-20)14-23-15-27-25(32-23)28-24(29)17-31-22-12-10-21(11-13-22)30-16-19-4-2-1-3-5-19/h1-13,15H,14,16-17H2,(H,27,28,29). The van der Waals surface area contributed by atoms with Crippen LogP contribution in [0.25, 0.3) is 0 Å². The molecule has 0 saturated heterocycles. The fourth-order valence-electron chi connectivity index (χ4n) is 2.93. The smallest absolute Gasteiger partial charge is 0.264 e. The molecule has 0 saturated carbocycles. The summed E-state index contributed by atoms with van der Waals surface area (Å²) < 4.78 is 11.3. The van der Waals surface area contributed by atoms with Crippen LogP contribution in [0, 0.1) is 0 Å². The fraction of sp³-hybridized carbons (Fsp3) is 0.120. The zero-order chi connectivity index (χ0) is 22.2. The van der Waals surface area contributed by atoms with Crippen molar-refractivity contribution in [1.29, 1.82) is 0 Å². The highest BCUT2D eigenvalue weighted by atomic mass is 35.5. The topological polar surface area (TPSA) is 60.5 Å². The average Bonchev–Trinajstić information content (AvgIpc) is 3.26. The number of nitrogens with zero attached hydrogens (tertiary/aromatic N) is 1. The second kappa shape index (κ2) is 10.8. The van der Waals surface area contributed by atoms with Gasteiger partial charge in [-0.3, -0.25) is 10.1 Å². The third kappa shape index (κ3) is 6.57. The van der Waals surface area contributed by atoms with Crippen LogP contribution in [0.3, 0.4) is 0 Å². The summed E-state index contributed by atoms with van der Waals surface area (Å²) in [6, 6.07) is 24.8. The van der Waals surface area contributed by atoms with Crippen LogP contribution >= 0.6 is 22.9 Å². The van der Waals surface area contributed by atoms with Gasteiger partial charge >= 0.3 is 0 Å². The number of ether oxygens (including phenoxy) is 2. The van der Waals surface area contributed by atoms with E-state index in [0.29, 0.717) is 22.5 Å². The van der Waals surface area contributed by atoms with Gasteiger partial charge in [0.1, 0.15) is 18.1 Å². The van der Waals surface area contributed by atoms with Crippen LogP contribution in [0.1, 0.15) is 16.0 Å². The highest BCUT2D eigenvalue weighted by Gasteiger charge is 2.09. The highest BCUT2D eigenvalue weighted by molar-refractivity contribution is 7.15. The third-order valence-corrected chi connectivity index (χ3v) is 5.70. The SMILES string of the molecule is O=C(COc1ccc(OCc2ccccc2)cc1)Nc1ncc(Cc2ccc(Cl)cc2)s1. The van der Waals surface area contributed by atoms with Gasteiger partial charge in [0.05, 0.1) is 0 Å². The largest absolute Gasteiger partial charge is 0.489 e. The zero-order valence-corrected chi connectivity index (χ0v) is 18.7. The van der Waals surface area contributed by atoms with Gasteiger partial charge in [-0.05, 0) is 47.5 Å². The number of carbonyl (C=O) groups is 1. The van der Waals surface area contributed by atoms with E-state index >= 15 is 0 Å². The van der Waals surface area contributed by atoms with E-state index in [9.17, 15) is 4.79 Å². The summed E-state index contributed by atoms with van der Waals surface area (Å²) in [4.78, 5) is 17.5.